The summed E-state index contributed by atoms with van der Waals surface area (Å²) < 4.78 is 17.7. The third-order valence-electron chi connectivity index (χ3n) is 6.59. The SMILES string of the molecule is CC(C)CCc1c(CF)n(CCC(C)C)c(=O)n1Cc1ccc(-c2ccccc2-c2nnn[nH]2)cc1. The zero-order chi connectivity index (χ0) is 25.7. The second-order valence-electron chi connectivity index (χ2n) is 10.2. The fourth-order valence-corrected chi connectivity index (χ4v) is 4.51. The van der Waals surface area contributed by atoms with Gasteiger partial charge in [-0.25, -0.2) is 14.3 Å². The van der Waals surface area contributed by atoms with E-state index in [4.69, 9.17) is 0 Å². The summed E-state index contributed by atoms with van der Waals surface area (Å²) in [6, 6.07) is 16.1. The summed E-state index contributed by atoms with van der Waals surface area (Å²) in [4.78, 5) is 13.4. The molecular formula is C28H35FN6O. The maximum absolute atomic E-state index is 14.2. The Bertz CT molecular complexity index is 1320. The second-order valence-corrected chi connectivity index (χ2v) is 10.2. The monoisotopic (exact) mass is 490 g/mol. The van der Waals surface area contributed by atoms with E-state index < -0.39 is 6.67 Å². The molecule has 190 valence electrons. The average molecular weight is 491 g/mol. The normalized spacial score (nSPS) is 11.6. The molecule has 0 saturated heterocycles. The molecule has 8 heteroatoms. The van der Waals surface area contributed by atoms with Gasteiger partial charge in [0.2, 0.25) is 0 Å². The highest BCUT2D eigenvalue weighted by molar-refractivity contribution is 5.80. The van der Waals surface area contributed by atoms with Crippen LogP contribution in [0.4, 0.5) is 4.39 Å². The van der Waals surface area contributed by atoms with E-state index in [0.717, 1.165) is 40.8 Å². The minimum absolute atomic E-state index is 0.116. The molecule has 0 saturated carbocycles. The molecule has 0 bridgehead atoms. The van der Waals surface area contributed by atoms with Gasteiger partial charge in [0.15, 0.2) is 5.82 Å². The molecule has 0 atom stereocenters. The van der Waals surface area contributed by atoms with E-state index in [-0.39, 0.29) is 5.69 Å². The van der Waals surface area contributed by atoms with Gasteiger partial charge >= 0.3 is 5.69 Å². The molecule has 4 rings (SSSR count). The topological polar surface area (TPSA) is 81.4 Å². The maximum atomic E-state index is 14.2. The smallest absolute Gasteiger partial charge is 0.293 e. The molecule has 2 aromatic carbocycles. The average Bonchev–Trinajstić information content (AvgIpc) is 3.49. The lowest BCUT2D eigenvalue weighted by molar-refractivity contribution is 0.432. The fourth-order valence-electron chi connectivity index (χ4n) is 4.51. The number of alkyl halides is 1. The van der Waals surface area contributed by atoms with Crippen molar-refractivity contribution in [3.8, 4) is 22.5 Å². The molecule has 0 unspecified atom stereocenters. The highest BCUT2D eigenvalue weighted by Gasteiger charge is 2.20. The van der Waals surface area contributed by atoms with E-state index in [1.807, 2.05) is 48.5 Å². The molecule has 0 fully saturated rings. The number of hydrogen-bond donors (Lipinski definition) is 1. The Balaban J connectivity index is 1.66. The molecule has 0 amide bonds. The van der Waals surface area contributed by atoms with Gasteiger partial charge in [0, 0.05) is 17.8 Å². The Labute approximate surface area is 211 Å². The predicted molar refractivity (Wildman–Crippen MR) is 140 cm³/mol. The second kappa shape index (κ2) is 11.5. The zero-order valence-corrected chi connectivity index (χ0v) is 21.5. The van der Waals surface area contributed by atoms with Crippen molar-refractivity contribution < 1.29 is 4.39 Å². The van der Waals surface area contributed by atoms with Gasteiger partial charge < -0.3 is 0 Å². The van der Waals surface area contributed by atoms with Gasteiger partial charge in [0.05, 0.1) is 12.2 Å². The first-order chi connectivity index (χ1) is 17.4. The van der Waals surface area contributed by atoms with Crippen molar-refractivity contribution in [3.05, 3.63) is 76.0 Å². The number of H-pyrrole nitrogens is 1. The lowest BCUT2D eigenvalue weighted by Gasteiger charge is -2.12. The number of tetrazole rings is 1. The molecule has 7 nitrogen and oxygen atoms in total. The third kappa shape index (κ3) is 5.64. The first-order valence-electron chi connectivity index (χ1n) is 12.7. The van der Waals surface area contributed by atoms with E-state index in [1.165, 1.54) is 0 Å². The molecule has 0 aliphatic rings. The van der Waals surface area contributed by atoms with Crippen molar-refractivity contribution in [1.29, 1.82) is 0 Å². The Hall–Kier alpha value is -3.55. The number of rotatable bonds is 11. The summed E-state index contributed by atoms with van der Waals surface area (Å²) >= 11 is 0. The van der Waals surface area contributed by atoms with Crippen LogP contribution in [0.2, 0.25) is 0 Å². The van der Waals surface area contributed by atoms with Crippen LogP contribution in [0.1, 0.15) is 57.5 Å². The van der Waals surface area contributed by atoms with E-state index in [1.54, 1.807) is 9.13 Å². The quantitative estimate of drug-likeness (QED) is 0.295. The lowest BCUT2D eigenvalue weighted by Crippen LogP contribution is -2.26. The molecule has 2 heterocycles. The van der Waals surface area contributed by atoms with Crippen LogP contribution in [0.3, 0.4) is 0 Å². The van der Waals surface area contributed by atoms with E-state index >= 15 is 0 Å². The summed E-state index contributed by atoms with van der Waals surface area (Å²) in [7, 11) is 0. The van der Waals surface area contributed by atoms with Gasteiger partial charge in [0.1, 0.15) is 6.67 Å². The number of benzene rings is 2. The molecule has 36 heavy (non-hydrogen) atoms. The predicted octanol–water partition coefficient (Wildman–Crippen LogP) is 5.65. The van der Waals surface area contributed by atoms with Crippen molar-refractivity contribution in [2.45, 2.75) is 66.7 Å². The van der Waals surface area contributed by atoms with Crippen molar-refractivity contribution in [2.24, 2.45) is 11.8 Å². The molecule has 2 aromatic heterocycles. The van der Waals surface area contributed by atoms with Crippen LogP contribution in [-0.4, -0.2) is 29.8 Å². The van der Waals surface area contributed by atoms with Crippen molar-refractivity contribution in [2.75, 3.05) is 0 Å². The molecular weight excluding hydrogens is 455 g/mol. The first kappa shape index (κ1) is 25.5. The largest absolute Gasteiger partial charge is 0.328 e. The molecule has 0 radical (unpaired) electrons. The highest BCUT2D eigenvalue weighted by atomic mass is 19.1. The molecule has 0 spiro atoms. The Morgan fingerprint density at radius 1 is 0.889 bits per heavy atom. The molecule has 0 aliphatic carbocycles. The number of nitrogens with zero attached hydrogens (tertiary/aromatic N) is 5. The van der Waals surface area contributed by atoms with Crippen molar-refractivity contribution in [3.63, 3.8) is 0 Å². The summed E-state index contributed by atoms with van der Waals surface area (Å²) in [6.07, 6.45) is 2.44. The number of aromatic nitrogens is 6. The highest BCUT2D eigenvalue weighted by Crippen LogP contribution is 2.30. The number of aromatic amines is 1. The van der Waals surface area contributed by atoms with Crippen LogP contribution in [0.5, 0.6) is 0 Å². The van der Waals surface area contributed by atoms with Crippen LogP contribution in [0.25, 0.3) is 22.5 Å². The van der Waals surface area contributed by atoms with Crippen LogP contribution in [0.15, 0.2) is 53.3 Å². The summed E-state index contributed by atoms with van der Waals surface area (Å²) in [5.74, 6) is 1.52. The van der Waals surface area contributed by atoms with Gasteiger partial charge in [-0.2, -0.15) is 0 Å². The van der Waals surface area contributed by atoms with Crippen LogP contribution >= 0.6 is 0 Å². The standard InChI is InChI=1S/C28H35FN6O/c1-19(2)9-14-25-26(17-29)34(16-15-20(3)4)28(36)35(25)18-21-10-12-22(13-11-21)23-7-5-6-8-24(23)27-30-32-33-31-27/h5-8,10-13,19-20H,9,14-18H2,1-4H3,(H,30,31,32,33). The van der Waals surface area contributed by atoms with Crippen molar-refractivity contribution in [1.82, 2.24) is 29.8 Å². The van der Waals surface area contributed by atoms with Gasteiger partial charge in [0.25, 0.3) is 0 Å². The summed E-state index contributed by atoms with van der Waals surface area (Å²) in [6.45, 7) is 8.88. The van der Waals surface area contributed by atoms with Gasteiger partial charge in [-0.3, -0.25) is 9.13 Å². The van der Waals surface area contributed by atoms with Gasteiger partial charge in [-0.05, 0) is 58.2 Å². The number of imidazole rings is 1. The van der Waals surface area contributed by atoms with Crippen LogP contribution in [0, 0.1) is 11.8 Å². The molecule has 0 aliphatic heterocycles. The number of halogens is 1. The Kier molecular flexibility index (Phi) is 8.13. The maximum Gasteiger partial charge on any atom is 0.328 e. The Morgan fingerprint density at radius 3 is 2.19 bits per heavy atom. The van der Waals surface area contributed by atoms with Crippen LogP contribution in [-0.2, 0) is 26.2 Å². The minimum Gasteiger partial charge on any atom is -0.293 e. The molecule has 4 aromatic rings. The fraction of sp³-hybridized carbons (Fsp3) is 0.429. The van der Waals surface area contributed by atoms with Crippen LogP contribution < -0.4 is 5.69 Å². The van der Waals surface area contributed by atoms with E-state index in [9.17, 15) is 9.18 Å². The lowest BCUT2D eigenvalue weighted by atomic mass is 9.98. The van der Waals surface area contributed by atoms with E-state index in [2.05, 4.69) is 48.3 Å². The first-order valence-corrected chi connectivity index (χ1v) is 12.7. The van der Waals surface area contributed by atoms with Crippen molar-refractivity contribution >= 4 is 0 Å². The summed E-state index contributed by atoms with van der Waals surface area (Å²) in [5.41, 5.74) is 5.19. The van der Waals surface area contributed by atoms with E-state index in [0.29, 0.717) is 42.9 Å². The van der Waals surface area contributed by atoms with Gasteiger partial charge in [-0.1, -0.05) is 76.2 Å². The number of nitrogens with one attached hydrogen (secondary N) is 1. The molecule has 1 N–H and O–H groups in total. The summed E-state index contributed by atoms with van der Waals surface area (Å²) in [5, 5.41) is 14.3. The van der Waals surface area contributed by atoms with Gasteiger partial charge in [-0.15, -0.1) is 5.10 Å². The number of hydrogen-bond acceptors (Lipinski definition) is 4. The third-order valence-corrected chi connectivity index (χ3v) is 6.59. The zero-order valence-electron chi connectivity index (χ0n) is 21.5. The minimum atomic E-state index is -0.625. The Morgan fingerprint density at radius 2 is 1.58 bits per heavy atom.